The second kappa shape index (κ2) is 6.12. The summed E-state index contributed by atoms with van der Waals surface area (Å²) in [6.07, 6.45) is 1.56. The van der Waals surface area contributed by atoms with Crippen molar-refractivity contribution in [2.45, 2.75) is 26.7 Å². The minimum atomic E-state index is -0.581. The zero-order chi connectivity index (χ0) is 15.4. The summed E-state index contributed by atoms with van der Waals surface area (Å²) in [5.74, 6) is -0.00190. The molecule has 0 unspecified atom stereocenters. The number of hydrogen-bond acceptors (Lipinski definition) is 5. The van der Waals surface area contributed by atoms with Gasteiger partial charge in [-0.25, -0.2) is 4.98 Å². The van der Waals surface area contributed by atoms with Crippen LogP contribution in [0.3, 0.4) is 0 Å². The number of nitro groups is 1. The van der Waals surface area contributed by atoms with Crippen LogP contribution in [0, 0.1) is 17.0 Å². The number of rotatable bonds is 5. The van der Waals surface area contributed by atoms with Crippen LogP contribution in [0.15, 0.2) is 18.2 Å². The van der Waals surface area contributed by atoms with Crippen LogP contribution in [0.4, 0.5) is 11.4 Å². The third-order valence-electron chi connectivity index (χ3n) is 2.82. The lowest BCUT2D eigenvalue weighted by atomic mass is 10.2. The molecule has 21 heavy (non-hydrogen) atoms. The van der Waals surface area contributed by atoms with E-state index in [0.29, 0.717) is 12.2 Å². The molecule has 0 aliphatic carbocycles. The summed E-state index contributed by atoms with van der Waals surface area (Å²) in [4.78, 5) is 26.5. The van der Waals surface area contributed by atoms with E-state index < -0.39 is 10.8 Å². The van der Waals surface area contributed by atoms with Crippen molar-refractivity contribution in [2.75, 3.05) is 5.32 Å². The molecule has 0 saturated heterocycles. The fourth-order valence-electron chi connectivity index (χ4n) is 1.83. The Morgan fingerprint density at radius 3 is 2.90 bits per heavy atom. The van der Waals surface area contributed by atoms with Gasteiger partial charge in [-0.15, -0.1) is 5.10 Å². The van der Waals surface area contributed by atoms with Gasteiger partial charge < -0.3 is 5.32 Å². The van der Waals surface area contributed by atoms with Gasteiger partial charge in [0, 0.05) is 12.5 Å². The van der Waals surface area contributed by atoms with Crippen molar-refractivity contribution >= 4 is 17.3 Å². The average molecular weight is 289 g/mol. The van der Waals surface area contributed by atoms with Crippen LogP contribution in [0.5, 0.6) is 0 Å². The molecule has 1 amide bonds. The fourth-order valence-corrected chi connectivity index (χ4v) is 1.83. The number of anilines is 1. The molecule has 1 aromatic carbocycles. The topological polar surface area (TPSA) is 114 Å². The summed E-state index contributed by atoms with van der Waals surface area (Å²) in [6.45, 7) is 3.77. The number of aryl methyl sites for hydroxylation is 2. The first-order valence-corrected chi connectivity index (χ1v) is 6.49. The van der Waals surface area contributed by atoms with E-state index in [-0.39, 0.29) is 17.2 Å². The standard InChI is InChI=1S/C13H15N5O3/c1-3-4-11-15-12(17-16-11)13(19)14-9-7-8(2)5-6-10(9)18(20)21/h5-7H,3-4H2,1-2H3,(H,14,19)(H,15,16,17). The minimum Gasteiger partial charge on any atom is -0.313 e. The monoisotopic (exact) mass is 289 g/mol. The number of H-pyrrole nitrogens is 1. The number of hydrogen-bond donors (Lipinski definition) is 2. The minimum absolute atomic E-state index is 0.0331. The van der Waals surface area contributed by atoms with Crippen molar-refractivity contribution in [1.29, 1.82) is 0 Å². The van der Waals surface area contributed by atoms with Crippen molar-refractivity contribution in [1.82, 2.24) is 15.2 Å². The van der Waals surface area contributed by atoms with Crippen molar-refractivity contribution in [3.05, 3.63) is 45.5 Å². The molecule has 0 fully saturated rings. The first-order valence-electron chi connectivity index (χ1n) is 6.49. The number of amides is 1. The van der Waals surface area contributed by atoms with Crippen LogP contribution in [0.1, 0.15) is 35.4 Å². The number of aromatic amines is 1. The molecule has 1 aromatic heterocycles. The zero-order valence-corrected chi connectivity index (χ0v) is 11.7. The second-order valence-electron chi connectivity index (χ2n) is 4.59. The van der Waals surface area contributed by atoms with Crippen molar-refractivity contribution in [3.8, 4) is 0 Å². The highest BCUT2D eigenvalue weighted by atomic mass is 16.6. The highest BCUT2D eigenvalue weighted by Gasteiger charge is 2.19. The van der Waals surface area contributed by atoms with Gasteiger partial charge in [0.2, 0.25) is 5.82 Å². The summed E-state index contributed by atoms with van der Waals surface area (Å²) in [6, 6.07) is 4.50. The van der Waals surface area contributed by atoms with Gasteiger partial charge >= 0.3 is 0 Å². The van der Waals surface area contributed by atoms with Crippen LogP contribution >= 0.6 is 0 Å². The van der Waals surface area contributed by atoms with Gasteiger partial charge in [-0.3, -0.25) is 20.0 Å². The molecular formula is C13H15N5O3. The van der Waals surface area contributed by atoms with E-state index >= 15 is 0 Å². The molecule has 0 atom stereocenters. The number of nitrogens with one attached hydrogen (secondary N) is 2. The number of aromatic nitrogens is 3. The van der Waals surface area contributed by atoms with Crippen molar-refractivity contribution in [3.63, 3.8) is 0 Å². The Morgan fingerprint density at radius 1 is 1.48 bits per heavy atom. The van der Waals surface area contributed by atoms with E-state index in [4.69, 9.17) is 0 Å². The molecule has 0 radical (unpaired) electrons. The molecule has 0 bridgehead atoms. The van der Waals surface area contributed by atoms with Gasteiger partial charge in [-0.1, -0.05) is 13.0 Å². The van der Waals surface area contributed by atoms with E-state index in [1.807, 2.05) is 6.92 Å². The predicted octanol–water partition coefficient (Wildman–Crippen LogP) is 2.23. The number of nitro benzene ring substituents is 1. The molecule has 110 valence electrons. The van der Waals surface area contributed by atoms with Gasteiger partial charge in [0.25, 0.3) is 11.6 Å². The molecular weight excluding hydrogens is 274 g/mol. The highest BCUT2D eigenvalue weighted by Crippen LogP contribution is 2.25. The van der Waals surface area contributed by atoms with Crippen LogP contribution < -0.4 is 5.32 Å². The highest BCUT2D eigenvalue weighted by molar-refractivity contribution is 6.02. The fraction of sp³-hybridized carbons (Fsp3) is 0.308. The molecule has 0 aliphatic rings. The largest absolute Gasteiger partial charge is 0.313 e. The van der Waals surface area contributed by atoms with Gasteiger partial charge in [0.1, 0.15) is 11.5 Å². The Hall–Kier alpha value is -2.77. The van der Waals surface area contributed by atoms with Crippen LogP contribution in [-0.4, -0.2) is 26.0 Å². The Labute approximate surface area is 120 Å². The number of nitrogens with zero attached hydrogens (tertiary/aromatic N) is 3. The molecule has 0 saturated carbocycles. The average Bonchev–Trinajstić information content (AvgIpc) is 2.87. The lowest BCUT2D eigenvalue weighted by Gasteiger charge is -2.04. The SMILES string of the molecule is CCCc1nc(C(=O)Nc2cc(C)ccc2[N+](=O)[O-])n[nH]1. The van der Waals surface area contributed by atoms with Crippen LogP contribution in [-0.2, 0) is 6.42 Å². The molecule has 1 heterocycles. The van der Waals surface area contributed by atoms with E-state index in [9.17, 15) is 14.9 Å². The molecule has 2 N–H and O–H groups in total. The summed E-state index contributed by atoms with van der Waals surface area (Å²) in [5.41, 5.74) is 0.766. The summed E-state index contributed by atoms with van der Waals surface area (Å²) in [5, 5.41) is 19.9. The van der Waals surface area contributed by atoms with E-state index in [2.05, 4.69) is 20.5 Å². The second-order valence-corrected chi connectivity index (χ2v) is 4.59. The Kier molecular flexibility index (Phi) is 4.27. The van der Waals surface area contributed by atoms with Crippen molar-refractivity contribution < 1.29 is 9.72 Å². The van der Waals surface area contributed by atoms with E-state index in [1.165, 1.54) is 12.1 Å². The first kappa shape index (κ1) is 14.6. The lowest BCUT2D eigenvalue weighted by molar-refractivity contribution is -0.383. The summed E-state index contributed by atoms with van der Waals surface area (Å²) in [7, 11) is 0. The quantitative estimate of drug-likeness (QED) is 0.647. The maximum atomic E-state index is 12.0. The molecule has 2 aromatic rings. The molecule has 0 aliphatic heterocycles. The molecule has 8 nitrogen and oxygen atoms in total. The summed E-state index contributed by atoms with van der Waals surface area (Å²) < 4.78 is 0. The number of carbonyl (C=O) groups is 1. The molecule has 0 spiro atoms. The third-order valence-corrected chi connectivity index (χ3v) is 2.82. The smallest absolute Gasteiger partial charge is 0.295 e. The number of carbonyl (C=O) groups excluding carboxylic acids is 1. The third kappa shape index (κ3) is 3.41. The molecule has 2 rings (SSSR count). The Morgan fingerprint density at radius 2 is 2.24 bits per heavy atom. The Balaban J connectivity index is 2.22. The summed E-state index contributed by atoms with van der Waals surface area (Å²) >= 11 is 0. The van der Waals surface area contributed by atoms with Gasteiger partial charge in [-0.05, 0) is 25.0 Å². The van der Waals surface area contributed by atoms with E-state index in [1.54, 1.807) is 13.0 Å². The number of benzene rings is 1. The normalized spacial score (nSPS) is 10.4. The van der Waals surface area contributed by atoms with Crippen molar-refractivity contribution in [2.24, 2.45) is 0 Å². The lowest BCUT2D eigenvalue weighted by Crippen LogP contribution is -2.15. The van der Waals surface area contributed by atoms with Gasteiger partial charge in [0.05, 0.1) is 4.92 Å². The van der Waals surface area contributed by atoms with Gasteiger partial charge in [-0.2, -0.15) is 0 Å². The van der Waals surface area contributed by atoms with Crippen LogP contribution in [0.25, 0.3) is 0 Å². The molecule has 8 heteroatoms. The maximum Gasteiger partial charge on any atom is 0.295 e. The first-order chi connectivity index (χ1) is 10.0. The van der Waals surface area contributed by atoms with Crippen LogP contribution in [0.2, 0.25) is 0 Å². The zero-order valence-electron chi connectivity index (χ0n) is 11.7. The maximum absolute atomic E-state index is 12.0. The Bertz CT molecular complexity index is 680. The predicted molar refractivity (Wildman–Crippen MR) is 76.2 cm³/mol. The van der Waals surface area contributed by atoms with E-state index in [0.717, 1.165) is 12.0 Å². The van der Waals surface area contributed by atoms with Gasteiger partial charge in [0.15, 0.2) is 0 Å².